The normalized spacial score (nSPS) is 14.7. The Hall–Kier alpha value is -4.77. The van der Waals surface area contributed by atoms with Crippen LogP contribution in [-0.4, -0.2) is 13.1 Å². The van der Waals surface area contributed by atoms with Crippen LogP contribution >= 0.6 is 0 Å². The molecule has 2 heterocycles. The average molecular weight is 470 g/mol. The summed E-state index contributed by atoms with van der Waals surface area (Å²) in [5, 5.41) is 10.2. The maximum absolute atomic E-state index is 13.6. The van der Waals surface area contributed by atoms with Crippen LogP contribution in [0.25, 0.3) is 11.0 Å². The van der Waals surface area contributed by atoms with Crippen LogP contribution in [-0.2, 0) is 0 Å². The number of nitrogens with two attached hydrogens (primary N) is 1. The molecule has 8 heteroatoms. The number of benzene rings is 3. The van der Waals surface area contributed by atoms with Gasteiger partial charge in [0.1, 0.15) is 40.3 Å². The first-order valence-electron chi connectivity index (χ1n) is 10.7. The van der Waals surface area contributed by atoms with Crippen LogP contribution in [0.3, 0.4) is 0 Å². The van der Waals surface area contributed by atoms with E-state index >= 15 is 0 Å². The van der Waals surface area contributed by atoms with Crippen molar-refractivity contribution in [1.29, 1.82) is 5.26 Å². The van der Waals surface area contributed by atoms with Gasteiger partial charge in [0.15, 0.2) is 0 Å². The minimum absolute atomic E-state index is 0.0235. The van der Waals surface area contributed by atoms with Gasteiger partial charge in [0.2, 0.25) is 11.6 Å². The summed E-state index contributed by atoms with van der Waals surface area (Å²) in [6, 6.07) is 18.3. The number of rotatable bonds is 4. The zero-order chi connectivity index (χ0) is 24.7. The van der Waals surface area contributed by atoms with Crippen LogP contribution in [0.2, 0.25) is 0 Å². The highest BCUT2D eigenvalue weighted by atomic mass is 19.1. The Morgan fingerprint density at radius 1 is 1.11 bits per heavy atom. The molecule has 1 unspecified atom stereocenters. The second-order valence-electron chi connectivity index (χ2n) is 7.99. The predicted molar refractivity (Wildman–Crippen MR) is 125 cm³/mol. The second-order valence-corrected chi connectivity index (χ2v) is 7.99. The second kappa shape index (κ2) is 8.54. The van der Waals surface area contributed by atoms with Crippen molar-refractivity contribution in [3.05, 3.63) is 100 Å². The molecular formula is C27H19FN2O5. The lowest BCUT2D eigenvalue weighted by Gasteiger charge is -2.27. The number of nitrogens with zero attached hydrogens (tertiary/aromatic N) is 1. The fraction of sp³-hybridized carbons (Fsp3) is 0.111. The first kappa shape index (κ1) is 22.0. The SMILES string of the molecule is COc1cccc(C2C(C#N)=C(N)Oc3cc(OC(=O)c4oc5ccc(F)cc5c4C)ccc32)c1. The first-order chi connectivity index (χ1) is 16.9. The van der Waals surface area contributed by atoms with Gasteiger partial charge < -0.3 is 24.4 Å². The van der Waals surface area contributed by atoms with Gasteiger partial charge in [-0.1, -0.05) is 18.2 Å². The molecule has 7 nitrogen and oxygen atoms in total. The molecule has 1 aromatic heterocycles. The van der Waals surface area contributed by atoms with Crippen LogP contribution in [0.15, 0.2) is 76.5 Å². The highest BCUT2D eigenvalue weighted by Crippen LogP contribution is 2.44. The molecule has 3 aromatic carbocycles. The van der Waals surface area contributed by atoms with Gasteiger partial charge >= 0.3 is 5.97 Å². The first-order valence-corrected chi connectivity index (χ1v) is 10.7. The van der Waals surface area contributed by atoms with Gasteiger partial charge in [0.25, 0.3) is 0 Å². The van der Waals surface area contributed by atoms with Crippen LogP contribution < -0.4 is 19.9 Å². The molecule has 0 aliphatic carbocycles. The number of aryl methyl sites for hydroxylation is 1. The summed E-state index contributed by atoms with van der Waals surface area (Å²) >= 11 is 0. The number of allylic oxidation sites excluding steroid dienone is 1. The Kier molecular flexibility index (Phi) is 5.38. The number of hydrogen-bond acceptors (Lipinski definition) is 7. The fourth-order valence-electron chi connectivity index (χ4n) is 4.20. The number of esters is 1. The molecule has 0 bridgehead atoms. The maximum Gasteiger partial charge on any atom is 0.379 e. The van der Waals surface area contributed by atoms with Crippen LogP contribution in [0, 0.1) is 24.1 Å². The monoisotopic (exact) mass is 470 g/mol. The van der Waals surface area contributed by atoms with E-state index in [0.29, 0.717) is 33.6 Å². The standard InChI is InChI=1S/C27H19FN2O5/c1-14-20-11-16(28)6-9-22(20)34-25(14)27(31)33-18-7-8-19-23(12-18)35-26(30)21(13-29)24(19)15-4-3-5-17(10-15)32-2/h3-12,24H,30H2,1-2H3. The minimum Gasteiger partial charge on any atom is -0.497 e. The molecule has 1 atom stereocenters. The third kappa shape index (κ3) is 3.83. The highest BCUT2D eigenvalue weighted by molar-refractivity contribution is 5.96. The largest absolute Gasteiger partial charge is 0.497 e. The number of hydrogen-bond donors (Lipinski definition) is 1. The number of carbonyl (C=O) groups excluding carboxylic acids is 1. The molecular weight excluding hydrogens is 451 g/mol. The van der Waals surface area contributed by atoms with E-state index in [0.717, 1.165) is 5.56 Å². The number of ether oxygens (including phenoxy) is 3. The minimum atomic E-state index is -0.736. The van der Waals surface area contributed by atoms with Gasteiger partial charge in [-0.25, -0.2) is 9.18 Å². The smallest absolute Gasteiger partial charge is 0.379 e. The number of nitriles is 1. The molecule has 5 rings (SSSR count). The summed E-state index contributed by atoms with van der Waals surface area (Å²) in [4.78, 5) is 12.8. The lowest BCUT2D eigenvalue weighted by Crippen LogP contribution is -2.21. The van der Waals surface area contributed by atoms with Crippen molar-refractivity contribution in [3.63, 3.8) is 0 Å². The van der Waals surface area contributed by atoms with E-state index in [4.69, 9.17) is 24.4 Å². The number of fused-ring (bicyclic) bond motifs is 2. The van der Waals surface area contributed by atoms with Gasteiger partial charge in [-0.3, -0.25) is 0 Å². The van der Waals surface area contributed by atoms with E-state index in [-0.39, 0.29) is 23.0 Å². The highest BCUT2D eigenvalue weighted by Gasteiger charge is 2.31. The van der Waals surface area contributed by atoms with Gasteiger partial charge in [0, 0.05) is 22.6 Å². The van der Waals surface area contributed by atoms with Gasteiger partial charge in [-0.15, -0.1) is 0 Å². The molecule has 35 heavy (non-hydrogen) atoms. The summed E-state index contributed by atoms with van der Waals surface area (Å²) in [5.74, 6) is -0.535. The van der Waals surface area contributed by atoms with E-state index in [1.54, 1.807) is 32.2 Å². The Morgan fingerprint density at radius 3 is 2.71 bits per heavy atom. The molecule has 4 aromatic rings. The molecule has 0 amide bonds. The van der Waals surface area contributed by atoms with Crippen molar-refractivity contribution in [2.45, 2.75) is 12.8 Å². The van der Waals surface area contributed by atoms with Crippen molar-refractivity contribution in [2.75, 3.05) is 7.11 Å². The Labute approximate surface area is 199 Å². The Morgan fingerprint density at radius 2 is 1.94 bits per heavy atom. The lowest BCUT2D eigenvalue weighted by molar-refractivity contribution is 0.0702. The topological polar surface area (TPSA) is 108 Å². The molecule has 0 fully saturated rings. The molecule has 0 spiro atoms. The quantitative estimate of drug-likeness (QED) is 0.317. The van der Waals surface area contributed by atoms with Gasteiger partial charge in [-0.05, 0) is 48.9 Å². The van der Waals surface area contributed by atoms with Gasteiger partial charge in [-0.2, -0.15) is 5.26 Å². The third-order valence-electron chi connectivity index (χ3n) is 5.91. The van der Waals surface area contributed by atoms with Gasteiger partial charge in [0.05, 0.1) is 13.0 Å². The molecule has 0 saturated carbocycles. The number of halogens is 1. The molecule has 2 N–H and O–H groups in total. The number of methoxy groups -OCH3 is 1. The van der Waals surface area contributed by atoms with E-state index in [2.05, 4.69) is 6.07 Å². The van der Waals surface area contributed by atoms with Crippen molar-refractivity contribution >= 4 is 16.9 Å². The number of carbonyl (C=O) groups is 1. The summed E-state index contributed by atoms with van der Waals surface area (Å²) in [6.07, 6.45) is 0. The predicted octanol–water partition coefficient (Wildman–Crippen LogP) is 5.33. The summed E-state index contributed by atoms with van der Waals surface area (Å²) < 4.78 is 35.7. The maximum atomic E-state index is 13.6. The van der Waals surface area contributed by atoms with Crippen LogP contribution in [0.4, 0.5) is 4.39 Å². The van der Waals surface area contributed by atoms with Crippen LogP contribution in [0.1, 0.15) is 33.2 Å². The molecule has 1 aliphatic rings. The molecule has 0 saturated heterocycles. The third-order valence-corrected chi connectivity index (χ3v) is 5.91. The van der Waals surface area contributed by atoms with E-state index < -0.39 is 17.7 Å². The van der Waals surface area contributed by atoms with E-state index in [1.807, 2.05) is 18.2 Å². The van der Waals surface area contributed by atoms with Crippen LogP contribution in [0.5, 0.6) is 17.2 Å². The average Bonchev–Trinajstić information content (AvgIpc) is 3.18. The Bertz CT molecular complexity index is 1560. The number of furan rings is 1. The molecule has 0 radical (unpaired) electrons. The van der Waals surface area contributed by atoms with E-state index in [1.165, 1.54) is 24.3 Å². The van der Waals surface area contributed by atoms with Crippen molar-refractivity contribution < 1.29 is 27.8 Å². The molecule has 174 valence electrons. The summed E-state index contributed by atoms with van der Waals surface area (Å²) in [5.41, 5.74) is 8.67. The zero-order valence-corrected chi connectivity index (χ0v) is 18.8. The lowest BCUT2D eigenvalue weighted by atomic mass is 9.83. The Balaban J connectivity index is 1.49. The molecule has 1 aliphatic heterocycles. The summed E-state index contributed by atoms with van der Waals surface area (Å²) in [6.45, 7) is 1.66. The zero-order valence-electron chi connectivity index (χ0n) is 18.8. The van der Waals surface area contributed by atoms with Crippen molar-refractivity contribution in [3.8, 4) is 23.3 Å². The van der Waals surface area contributed by atoms with E-state index in [9.17, 15) is 14.4 Å². The summed E-state index contributed by atoms with van der Waals surface area (Å²) in [7, 11) is 1.56. The fourth-order valence-corrected chi connectivity index (χ4v) is 4.20. The van der Waals surface area contributed by atoms with Crippen molar-refractivity contribution in [2.24, 2.45) is 5.73 Å². The van der Waals surface area contributed by atoms with Crippen molar-refractivity contribution in [1.82, 2.24) is 0 Å².